The van der Waals surface area contributed by atoms with E-state index in [9.17, 15) is 0 Å². The van der Waals surface area contributed by atoms with E-state index in [1.54, 1.807) is 6.20 Å². The van der Waals surface area contributed by atoms with Crippen molar-refractivity contribution in [3.05, 3.63) is 54.7 Å². The summed E-state index contributed by atoms with van der Waals surface area (Å²) in [4.78, 5) is 4.37. The standard InChI is InChI=1S/C23H23N3O2/c24-15-5-7-16(8-6-15)27-17-9-10-18-19(12-17)20(13-26-23(18)25)22-11-14-3-1-2-4-21(14)28-22/h1-4,9-13,15-16H,5-8,24H2,(H2,25,26)/t15-,16-. The van der Waals surface area contributed by atoms with E-state index in [1.165, 1.54) is 0 Å². The number of hydrogen-bond acceptors (Lipinski definition) is 5. The van der Waals surface area contributed by atoms with Crippen LogP contribution in [0.25, 0.3) is 33.1 Å². The Bertz CT molecular complexity index is 1110. The maximum absolute atomic E-state index is 6.25. The highest BCUT2D eigenvalue weighted by Gasteiger charge is 2.20. The molecule has 2 aromatic heterocycles. The summed E-state index contributed by atoms with van der Waals surface area (Å²) < 4.78 is 12.3. The van der Waals surface area contributed by atoms with Crippen LogP contribution in [-0.2, 0) is 0 Å². The summed E-state index contributed by atoms with van der Waals surface area (Å²) in [6, 6.07) is 16.3. The number of furan rings is 1. The molecule has 1 aliphatic rings. The van der Waals surface area contributed by atoms with Crippen molar-refractivity contribution in [3.63, 3.8) is 0 Å². The third-order valence-electron chi connectivity index (χ3n) is 5.60. The van der Waals surface area contributed by atoms with E-state index in [4.69, 9.17) is 20.6 Å². The van der Waals surface area contributed by atoms with Crippen LogP contribution in [-0.4, -0.2) is 17.1 Å². The maximum Gasteiger partial charge on any atom is 0.137 e. The first-order chi connectivity index (χ1) is 13.7. The van der Waals surface area contributed by atoms with E-state index in [2.05, 4.69) is 4.98 Å². The molecule has 0 aliphatic heterocycles. The molecule has 0 bridgehead atoms. The second-order valence-corrected chi connectivity index (χ2v) is 7.57. The van der Waals surface area contributed by atoms with Crippen LogP contribution in [0.2, 0.25) is 0 Å². The van der Waals surface area contributed by atoms with Gasteiger partial charge in [-0.1, -0.05) is 18.2 Å². The molecule has 2 heterocycles. The lowest BCUT2D eigenvalue weighted by Gasteiger charge is -2.27. The Hall–Kier alpha value is -3.05. The summed E-state index contributed by atoms with van der Waals surface area (Å²) in [5.41, 5.74) is 13.9. The van der Waals surface area contributed by atoms with Crippen LogP contribution in [0.4, 0.5) is 5.82 Å². The van der Waals surface area contributed by atoms with Crippen molar-refractivity contribution in [1.82, 2.24) is 4.98 Å². The molecule has 5 rings (SSSR count). The highest BCUT2D eigenvalue weighted by Crippen LogP contribution is 2.36. The van der Waals surface area contributed by atoms with Gasteiger partial charge in [0.2, 0.25) is 0 Å². The van der Waals surface area contributed by atoms with Crippen molar-refractivity contribution >= 4 is 27.6 Å². The fourth-order valence-electron chi connectivity index (χ4n) is 4.03. The van der Waals surface area contributed by atoms with Gasteiger partial charge < -0.3 is 20.6 Å². The van der Waals surface area contributed by atoms with Gasteiger partial charge in [0.15, 0.2) is 0 Å². The van der Waals surface area contributed by atoms with Gasteiger partial charge in [-0.25, -0.2) is 4.98 Å². The van der Waals surface area contributed by atoms with Crippen LogP contribution in [0.1, 0.15) is 25.7 Å². The second-order valence-electron chi connectivity index (χ2n) is 7.57. The quantitative estimate of drug-likeness (QED) is 0.534. The topological polar surface area (TPSA) is 87.3 Å². The average molecular weight is 373 g/mol. The minimum absolute atomic E-state index is 0.214. The number of fused-ring (bicyclic) bond motifs is 2. The van der Waals surface area contributed by atoms with Gasteiger partial charge in [-0.2, -0.15) is 0 Å². The predicted octanol–water partition coefficient (Wildman–Crippen LogP) is 4.88. The third-order valence-corrected chi connectivity index (χ3v) is 5.60. The van der Waals surface area contributed by atoms with Crippen molar-refractivity contribution in [1.29, 1.82) is 0 Å². The fraction of sp³-hybridized carbons (Fsp3) is 0.261. The number of nitrogen functional groups attached to an aromatic ring is 1. The lowest BCUT2D eigenvalue weighted by atomic mass is 9.93. The zero-order chi connectivity index (χ0) is 19.1. The Balaban J connectivity index is 1.56. The van der Waals surface area contributed by atoms with E-state index in [0.717, 1.165) is 64.5 Å². The summed E-state index contributed by atoms with van der Waals surface area (Å²) in [7, 11) is 0. The van der Waals surface area contributed by atoms with Crippen LogP contribution in [0.5, 0.6) is 5.75 Å². The second kappa shape index (κ2) is 6.84. The Morgan fingerprint density at radius 2 is 1.79 bits per heavy atom. The van der Waals surface area contributed by atoms with Gasteiger partial charge in [-0.05, 0) is 56.0 Å². The molecule has 1 fully saturated rings. The molecule has 1 aliphatic carbocycles. The first-order valence-corrected chi connectivity index (χ1v) is 9.77. The van der Waals surface area contributed by atoms with Crippen LogP contribution in [0.3, 0.4) is 0 Å². The van der Waals surface area contributed by atoms with Crippen LogP contribution >= 0.6 is 0 Å². The largest absolute Gasteiger partial charge is 0.490 e. The number of rotatable bonds is 3. The predicted molar refractivity (Wildman–Crippen MR) is 112 cm³/mol. The molecule has 0 unspecified atom stereocenters. The fourth-order valence-corrected chi connectivity index (χ4v) is 4.03. The van der Waals surface area contributed by atoms with Crippen LogP contribution in [0, 0.1) is 0 Å². The smallest absolute Gasteiger partial charge is 0.137 e. The number of pyridine rings is 1. The number of nitrogens with two attached hydrogens (primary N) is 2. The van der Waals surface area contributed by atoms with Crippen molar-refractivity contribution in [2.24, 2.45) is 5.73 Å². The molecule has 142 valence electrons. The summed E-state index contributed by atoms with van der Waals surface area (Å²) in [6.07, 6.45) is 6.01. The van der Waals surface area contributed by atoms with E-state index in [1.807, 2.05) is 48.5 Å². The van der Waals surface area contributed by atoms with Crippen molar-refractivity contribution in [3.8, 4) is 17.1 Å². The minimum atomic E-state index is 0.214. The zero-order valence-electron chi connectivity index (χ0n) is 15.6. The first-order valence-electron chi connectivity index (χ1n) is 9.77. The Labute approximate surface area is 163 Å². The molecule has 4 N–H and O–H groups in total. The molecule has 0 amide bonds. The molecular formula is C23H23N3O2. The molecule has 0 atom stereocenters. The number of aromatic nitrogens is 1. The number of nitrogens with zero attached hydrogens (tertiary/aromatic N) is 1. The van der Waals surface area contributed by atoms with Gasteiger partial charge in [0.05, 0.1) is 6.10 Å². The average Bonchev–Trinajstić information content (AvgIpc) is 3.14. The normalized spacial score (nSPS) is 19.9. The van der Waals surface area contributed by atoms with Crippen LogP contribution in [0.15, 0.2) is 59.1 Å². The third kappa shape index (κ3) is 3.08. The maximum atomic E-state index is 6.25. The number of hydrogen-bond donors (Lipinski definition) is 2. The summed E-state index contributed by atoms with van der Waals surface area (Å²) >= 11 is 0. The van der Waals surface area contributed by atoms with Gasteiger partial charge in [0.25, 0.3) is 0 Å². The number of anilines is 1. The van der Waals surface area contributed by atoms with Gasteiger partial charge >= 0.3 is 0 Å². The molecule has 0 spiro atoms. The van der Waals surface area contributed by atoms with Gasteiger partial charge in [0, 0.05) is 34.0 Å². The lowest BCUT2D eigenvalue weighted by Crippen LogP contribution is -2.31. The molecular weight excluding hydrogens is 350 g/mol. The van der Waals surface area contributed by atoms with E-state index in [-0.39, 0.29) is 6.10 Å². The summed E-state index contributed by atoms with van der Waals surface area (Å²) in [6.45, 7) is 0. The zero-order valence-corrected chi connectivity index (χ0v) is 15.6. The van der Waals surface area contributed by atoms with E-state index < -0.39 is 0 Å². The molecule has 5 nitrogen and oxygen atoms in total. The molecule has 0 saturated heterocycles. The molecule has 0 radical (unpaired) electrons. The summed E-state index contributed by atoms with van der Waals surface area (Å²) in [5, 5.41) is 2.95. The molecule has 28 heavy (non-hydrogen) atoms. The van der Waals surface area contributed by atoms with Gasteiger partial charge in [0.1, 0.15) is 22.9 Å². The molecule has 5 heteroatoms. The first kappa shape index (κ1) is 17.1. The number of benzene rings is 2. The number of para-hydroxylation sites is 1. The van der Waals surface area contributed by atoms with Crippen molar-refractivity contribution in [2.45, 2.75) is 37.8 Å². The van der Waals surface area contributed by atoms with Crippen molar-refractivity contribution < 1.29 is 9.15 Å². The lowest BCUT2D eigenvalue weighted by molar-refractivity contribution is 0.147. The molecule has 4 aromatic rings. The minimum Gasteiger partial charge on any atom is -0.490 e. The van der Waals surface area contributed by atoms with Crippen LogP contribution < -0.4 is 16.2 Å². The highest BCUT2D eigenvalue weighted by atomic mass is 16.5. The monoisotopic (exact) mass is 373 g/mol. The highest BCUT2D eigenvalue weighted by molar-refractivity contribution is 6.02. The molecule has 2 aromatic carbocycles. The Morgan fingerprint density at radius 1 is 0.964 bits per heavy atom. The van der Waals surface area contributed by atoms with Crippen molar-refractivity contribution in [2.75, 3.05) is 5.73 Å². The van der Waals surface area contributed by atoms with Gasteiger partial charge in [-0.15, -0.1) is 0 Å². The SMILES string of the molecule is Nc1ncc(-c2cc3ccccc3o2)c2cc(O[C@H]3CC[C@H](N)CC3)ccc12. The Kier molecular flexibility index (Phi) is 4.17. The Morgan fingerprint density at radius 3 is 2.61 bits per heavy atom. The van der Waals surface area contributed by atoms with Gasteiger partial charge in [-0.3, -0.25) is 0 Å². The molecule has 1 saturated carbocycles. The summed E-state index contributed by atoms with van der Waals surface area (Å²) in [5.74, 6) is 2.13. The van der Waals surface area contributed by atoms with E-state index in [0.29, 0.717) is 11.9 Å². The number of ether oxygens (including phenoxy) is 1. The van der Waals surface area contributed by atoms with E-state index >= 15 is 0 Å².